The van der Waals surface area contributed by atoms with Crippen molar-refractivity contribution in [2.24, 2.45) is 5.73 Å². The van der Waals surface area contributed by atoms with Gasteiger partial charge in [-0.3, -0.25) is 4.79 Å². The van der Waals surface area contributed by atoms with Crippen LogP contribution in [0, 0.1) is 5.82 Å². The smallest absolute Gasteiger partial charge is 0.218 e. The van der Waals surface area contributed by atoms with Gasteiger partial charge in [-0.1, -0.05) is 6.07 Å². The molecule has 1 aromatic carbocycles. The zero-order valence-electron chi connectivity index (χ0n) is 9.03. The van der Waals surface area contributed by atoms with Gasteiger partial charge in [0.2, 0.25) is 5.91 Å². The molecule has 1 aromatic rings. The summed E-state index contributed by atoms with van der Waals surface area (Å²) < 4.78 is 13.0. The number of phenols is 1. The fraction of sp³-hybridized carbons (Fsp3) is 0.364. The van der Waals surface area contributed by atoms with Crippen molar-refractivity contribution in [2.45, 2.75) is 25.9 Å². The van der Waals surface area contributed by atoms with Crippen molar-refractivity contribution < 1.29 is 14.3 Å². The molecule has 0 saturated heterocycles. The van der Waals surface area contributed by atoms with Crippen molar-refractivity contribution in [3.63, 3.8) is 0 Å². The fourth-order valence-electron chi connectivity index (χ4n) is 1.33. The monoisotopic (exact) mass is 226 g/mol. The average molecular weight is 226 g/mol. The Morgan fingerprint density at radius 3 is 2.88 bits per heavy atom. The number of rotatable bonds is 5. The lowest BCUT2D eigenvalue weighted by Crippen LogP contribution is -2.30. The lowest BCUT2D eigenvalue weighted by atomic mass is 10.1. The minimum absolute atomic E-state index is 0.0608. The number of phenolic OH excluding ortho intramolecular Hbond substituents is 1. The first kappa shape index (κ1) is 12.4. The molecule has 0 aromatic heterocycles. The van der Waals surface area contributed by atoms with E-state index in [2.05, 4.69) is 5.32 Å². The molecule has 4 N–H and O–H groups in total. The van der Waals surface area contributed by atoms with Crippen molar-refractivity contribution in [3.05, 3.63) is 29.6 Å². The molecule has 5 heteroatoms. The van der Waals surface area contributed by atoms with Crippen molar-refractivity contribution in [3.8, 4) is 5.75 Å². The summed E-state index contributed by atoms with van der Waals surface area (Å²) in [4.78, 5) is 10.6. The van der Waals surface area contributed by atoms with E-state index >= 15 is 0 Å². The summed E-state index contributed by atoms with van der Waals surface area (Å²) in [6, 6.07) is 4.10. The molecule has 0 radical (unpaired) electrons. The zero-order valence-corrected chi connectivity index (χ0v) is 9.03. The maximum atomic E-state index is 13.0. The van der Waals surface area contributed by atoms with E-state index in [9.17, 15) is 9.18 Å². The predicted molar refractivity (Wildman–Crippen MR) is 58.2 cm³/mol. The summed E-state index contributed by atoms with van der Waals surface area (Å²) in [7, 11) is 0. The van der Waals surface area contributed by atoms with Crippen molar-refractivity contribution in [2.75, 3.05) is 0 Å². The molecule has 0 heterocycles. The van der Waals surface area contributed by atoms with Gasteiger partial charge in [0.25, 0.3) is 0 Å². The summed E-state index contributed by atoms with van der Waals surface area (Å²) in [6.07, 6.45) is 0.237. The van der Waals surface area contributed by atoms with E-state index < -0.39 is 5.82 Å². The minimum Gasteiger partial charge on any atom is -0.505 e. The van der Waals surface area contributed by atoms with Crippen LogP contribution in [0.5, 0.6) is 5.75 Å². The zero-order chi connectivity index (χ0) is 12.1. The van der Waals surface area contributed by atoms with E-state index in [1.807, 2.05) is 6.92 Å². The SMILES string of the molecule is CC(CC(N)=O)NCc1ccc(O)c(F)c1. The molecule has 0 aliphatic carbocycles. The molecule has 1 atom stereocenters. The van der Waals surface area contributed by atoms with Crippen LogP contribution in [0.3, 0.4) is 0 Å². The highest BCUT2D eigenvalue weighted by molar-refractivity contribution is 5.74. The van der Waals surface area contributed by atoms with E-state index in [4.69, 9.17) is 10.8 Å². The third-order valence-electron chi connectivity index (χ3n) is 2.17. The van der Waals surface area contributed by atoms with Gasteiger partial charge in [-0.25, -0.2) is 4.39 Å². The van der Waals surface area contributed by atoms with Gasteiger partial charge in [-0.05, 0) is 24.6 Å². The highest BCUT2D eigenvalue weighted by Gasteiger charge is 2.06. The van der Waals surface area contributed by atoms with Crippen molar-refractivity contribution in [1.29, 1.82) is 0 Å². The van der Waals surface area contributed by atoms with Gasteiger partial charge >= 0.3 is 0 Å². The molecule has 0 aliphatic rings. The third-order valence-corrected chi connectivity index (χ3v) is 2.17. The Labute approximate surface area is 93.3 Å². The molecule has 0 bridgehead atoms. The molecule has 1 rings (SSSR count). The van der Waals surface area contributed by atoms with E-state index in [1.165, 1.54) is 12.1 Å². The van der Waals surface area contributed by atoms with Gasteiger partial charge < -0.3 is 16.2 Å². The van der Waals surface area contributed by atoms with Crippen LogP contribution in [0.1, 0.15) is 18.9 Å². The fourth-order valence-corrected chi connectivity index (χ4v) is 1.33. The summed E-state index contributed by atoms with van der Waals surface area (Å²) in [5.74, 6) is -1.40. The molecule has 0 fully saturated rings. The lowest BCUT2D eigenvalue weighted by molar-refractivity contribution is -0.118. The van der Waals surface area contributed by atoms with Crippen LogP contribution in [0.2, 0.25) is 0 Å². The van der Waals surface area contributed by atoms with Gasteiger partial charge in [0.05, 0.1) is 0 Å². The molecule has 1 unspecified atom stereocenters. The number of hydrogen-bond donors (Lipinski definition) is 3. The maximum Gasteiger partial charge on any atom is 0.218 e. The number of aromatic hydroxyl groups is 1. The Bertz CT molecular complexity index is 382. The second-order valence-corrected chi connectivity index (χ2v) is 3.74. The predicted octanol–water partition coefficient (Wildman–Crippen LogP) is 0.885. The molecule has 88 valence electrons. The molecule has 0 spiro atoms. The highest BCUT2D eigenvalue weighted by Crippen LogP contribution is 2.16. The number of nitrogens with one attached hydrogen (secondary N) is 1. The minimum atomic E-state index is -0.651. The molecule has 1 amide bonds. The van der Waals surface area contributed by atoms with E-state index in [0.717, 1.165) is 0 Å². The third kappa shape index (κ3) is 3.86. The largest absolute Gasteiger partial charge is 0.505 e. The molecular formula is C11H15FN2O2. The molecular weight excluding hydrogens is 211 g/mol. The first-order valence-electron chi connectivity index (χ1n) is 4.98. The van der Waals surface area contributed by atoms with Gasteiger partial charge in [-0.15, -0.1) is 0 Å². The Balaban J connectivity index is 2.48. The maximum absolute atomic E-state index is 13.0. The highest BCUT2D eigenvalue weighted by atomic mass is 19.1. The number of carbonyl (C=O) groups excluding carboxylic acids is 1. The Morgan fingerprint density at radius 1 is 1.62 bits per heavy atom. The number of amides is 1. The first-order chi connectivity index (χ1) is 7.49. The van der Waals surface area contributed by atoms with Crippen LogP contribution in [0.4, 0.5) is 4.39 Å². The standard InChI is InChI=1S/C11H15FN2O2/c1-7(4-11(13)16)14-6-8-2-3-10(15)9(12)5-8/h2-3,5,7,14-15H,4,6H2,1H3,(H2,13,16). The van der Waals surface area contributed by atoms with E-state index in [-0.39, 0.29) is 24.1 Å². The molecule has 0 aliphatic heterocycles. The topological polar surface area (TPSA) is 75.4 Å². The molecule has 16 heavy (non-hydrogen) atoms. The normalized spacial score (nSPS) is 12.4. The van der Waals surface area contributed by atoms with Crippen LogP contribution in [-0.2, 0) is 11.3 Å². The number of carbonyl (C=O) groups is 1. The van der Waals surface area contributed by atoms with Crippen LogP contribution >= 0.6 is 0 Å². The Hall–Kier alpha value is -1.62. The van der Waals surface area contributed by atoms with Crippen LogP contribution in [-0.4, -0.2) is 17.1 Å². The second kappa shape index (κ2) is 5.46. The number of nitrogens with two attached hydrogens (primary N) is 1. The number of hydrogen-bond acceptors (Lipinski definition) is 3. The number of halogens is 1. The van der Waals surface area contributed by atoms with E-state index in [0.29, 0.717) is 12.1 Å². The van der Waals surface area contributed by atoms with Crippen LogP contribution in [0.15, 0.2) is 18.2 Å². The Morgan fingerprint density at radius 2 is 2.31 bits per heavy atom. The van der Waals surface area contributed by atoms with Crippen LogP contribution < -0.4 is 11.1 Å². The second-order valence-electron chi connectivity index (χ2n) is 3.74. The van der Waals surface area contributed by atoms with Gasteiger partial charge in [-0.2, -0.15) is 0 Å². The summed E-state index contributed by atoms with van der Waals surface area (Å²) >= 11 is 0. The lowest BCUT2D eigenvalue weighted by Gasteiger charge is -2.11. The Kier molecular flexibility index (Phi) is 4.25. The quantitative estimate of drug-likeness (QED) is 0.697. The molecule has 0 saturated carbocycles. The summed E-state index contributed by atoms with van der Waals surface area (Å²) in [6.45, 7) is 2.24. The average Bonchev–Trinajstić information content (AvgIpc) is 2.19. The van der Waals surface area contributed by atoms with E-state index in [1.54, 1.807) is 6.07 Å². The summed E-state index contributed by atoms with van der Waals surface area (Å²) in [5, 5.41) is 12.0. The summed E-state index contributed by atoms with van der Waals surface area (Å²) in [5.41, 5.74) is 5.73. The van der Waals surface area contributed by atoms with Crippen molar-refractivity contribution >= 4 is 5.91 Å². The van der Waals surface area contributed by atoms with Gasteiger partial charge in [0.1, 0.15) is 0 Å². The number of benzene rings is 1. The first-order valence-corrected chi connectivity index (χ1v) is 4.98. The number of primary amides is 1. The van der Waals surface area contributed by atoms with Gasteiger partial charge in [0.15, 0.2) is 11.6 Å². The van der Waals surface area contributed by atoms with Crippen molar-refractivity contribution in [1.82, 2.24) is 5.32 Å². The molecule has 4 nitrogen and oxygen atoms in total. The van der Waals surface area contributed by atoms with Crippen LogP contribution in [0.25, 0.3) is 0 Å². The van der Waals surface area contributed by atoms with Gasteiger partial charge in [0, 0.05) is 19.0 Å².